The van der Waals surface area contributed by atoms with E-state index in [1.54, 1.807) is 0 Å². The van der Waals surface area contributed by atoms with Crippen molar-refractivity contribution in [1.82, 2.24) is 10.2 Å². The van der Waals surface area contributed by atoms with Crippen LogP contribution in [0.25, 0.3) is 0 Å². The van der Waals surface area contributed by atoms with Crippen molar-refractivity contribution in [1.29, 1.82) is 0 Å². The Kier molecular flexibility index (Phi) is 4.72. The summed E-state index contributed by atoms with van der Waals surface area (Å²) in [5.41, 5.74) is -0.276. The standard InChI is InChI=1S/C15H14F4N2O2/c1-2-13(22)20-12-8-21(4-3-15(12,18)19)14(23)9-5-10(16)7-11(17)6-9/h2,5-7,12H,1,3-4,8H2,(H,20,22). The minimum atomic E-state index is -3.19. The first kappa shape index (κ1) is 17.0. The highest BCUT2D eigenvalue weighted by Crippen LogP contribution is 2.29. The Morgan fingerprint density at radius 2 is 1.87 bits per heavy atom. The van der Waals surface area contributed by atoms with Gasteiger partial charge in [0.2, 0.25) is 5.91 Å². The topological polar surface area (TPSA) is 49.4 Å². The molecule has 0 saturated carbocycles. The lowest BCUT2D eigenvalue weighted by Gasteiger charge is -2.38. The van der Waals surface area contributed by atoms with Gasteiger partial charge in [-0.15, -0.1) is 0 Å². The molecule has 23 heavy (non-hydrogen) atoms. The molecular formula is C15H14F4N2O2. The van der Waals surface area contributed by atoms with Crippen molar-refractivity contribution in [3.63, 3.8) is 0 Å². The van der Waals surface area contributed by atoms with Crippen molar-refractivity contribution in [2.45, 2.75) is 18.4 Å². The van der Waals surface area contributed by atoms with Gasteiger partial charge in [-0.1, -0.05) is 6.58 Å². The second-order valence-electron chi connectivity index (χ2n) is 5.19. The van der Waals surface area contributed by atoms with E-state index in [1.165, 1.54) is 0 Å². The first-order valence-corrected chi connectivity index (χ1v) is 6.79. The van der Waals surface area contributed by atoms with E-state index in [1.807, 2.05) is 0 Å². The molecule has 1 atom stereocenters. The van der Waals surface area contributed by atoms with Crippen LogP contribution in [0.5, 0.6) is 0 Å². The average molecular weight is 330 g/mol. The van der Waals surface area contributed by atoms with Gasteiger partial charge in [0.15, 0.2) is 0 Å². The largest absolute Gasteiger partial charge is 0.342 e. The summed E-state index contributed by atoms with van der Waals surface area (Å²) in [6.45, 7) is 2.42. The maximum absolute atomic E-state index is 13.8. The number of alkyl halides is 2. The number of hydrogen-bond acceptors (Lipinski definition) is 2. The van der Waals surface area contributed by atoms with Gasteiger partial charge in [-0.2, -0.15) is 0 Å². The van der Waals surface area contributed by atoms with Crippen LogP contribution in [0.2, 0.25) is 0 Å². The summed E-state index contributed by atoms with van der Waals surface area (Å²) in [5.74, 6) is -6.64. The van der Waals surface area contributed by atoms with Crippen molar-refractivity contribution < 1.29 is 27.2 Å². The Bertz CT molecular complexity index is 628. The zero-order chi connectivity index (χ0) is 17.2. The van der Waals surface area contributed by atoms with Gasteiger partial charge in [0, 0.05) is 31.1 Å². The number of carbonyl (C=O) groups is 2. The summed E-state index contributed by atoms with van der Waals surface area (Å²) < 4.78 is 54.0. The molecule has 1 fully saturated rings. The molecule has 2 rings (SSSR count). The maximum Gasteiger partial charge on any atom is 0.271 e. The molecule has 4 nitrogen and oxygen atoms in total. The highest BCUT2D eigenvalue weighted by atomic mass is 19.3. The van der Waals surface area contributed by atoms with Crippen LogP contribution < -0.4 is 5.32 Å². The first-order chi connectivity index (χ1) is 10.7. The lowest BCUT2D eigenvalue weighted by Crippen LogP contribution is -2.59. The number of rotatable bonds is 3. The second-order valence-corrected chi connectivity index (χ2v) is 5.19. The first-order valence-electron chi connectivity index (χ1n) is 6.79. The van der Waals surface area contributed by atoms with Gasteiger partial charge in [-0.25, -0.2) is 17.6 Å². The molecule has 1 heterocycles. The van der Waals surface area contributed by atoms with Crippen LogP contribution >= 0.6 is 0 Å². The molecule has 0 spiro atoms. The van der Waals surface area contributed by atoms with Crippen LogP contribution in [0, 0.1) is 11.6 Å². The van der Waals surface area contributed by atoms with Crippen molar-refractivity contribution in [2.24, 2.45) is 0 Å². The highest BCUT2D eigenvalue weighted by molar-refractivity contribution is 5.94. The van der Waals surface area contributed by atoms with E-state index in [4.69, 9.17) is 0 Å². The SMILES string of the molecule is C=CC(=O)NC1CN(C(=O)c2cc(F)cc(F)c2)CCC1(F)F. The molecular weight excluding hydrogens is 316 g/mol. The maximum atomic E-state index is 13.8. The summed E-state index contributed by atoms with van der Waals surface area (Å²) in [6.07, 6.45) is 0.178. The molecule has 2 amide bonds. The molecule has 1 aliphatic heterocycles. The number of halogens is 4. The van der Waals surface area contributed by atoms with Gasteiger partial charge in [-0.3, -0.25) is 9.59 Å². The third-order valence-electron chi connectivity index (χ3n) is 3.53. The van der Waals surface area contributed by atoms with Gasteiger partial charge in [-0.05, 0) is 18.2 Å². The van der Waals surface area contributed by atoms with E-state index in [2.05, 4.69) is 11.9 Å². The van der Waals surface area contributed by atoms with E-state index in [9.17, 15) is 27.2 Å². The lowest BCUT2D eigenvalue weighted by atomic mass is 9.99. The molecule has 124 valence electrons. The van der Waals surface area contributed by atoms with Gasteiger partial charge in [0.05, 0.1) is 0 Å². The smallest absolute Gasteiger partial charge is 0.271 e. The van der Waals surface area contributed by atoms with E-state index in [0.29, 0.717) is 6.07 Å². The minimum Gasteiger partial charge on any atom is -0.342 e. The van der Waals surface area contributed by atoms with E-state index in [0.717, 1.165) is 23.1 Å². The van der Waals surface area contributed by atoms with Gasteiger partial charge < -0.3 is 10.2 Å². The van der Waals surface area contributed by atoms with Crippen molar-refractivity contribution in [3.05, 3.63) is 48.1 Å². The van der Waals surface area contributed by atoms with Gasteiger partial charge >= 0.3 is 0 Å². The fourth-order valence-corrected chi connectivity index (χ4v) is 2.33. The van der Waals surface area contributed by atoms with Crippen molar-refractivity contribution in [3.8, 4) is 0 Å². The molecule has 1 aromatic rings. The normalized spacial score (nSPS) is 20.0. The Morgan fingerprint density at radius 1 is 1.26 bits per heavy atom. The second kappa shape index (κ2) is 6.39. The minimum absolute atomic E-state index is 0.276. The fraction of sp³-hybridized carbons (Fsp3) is 0.333. The molecule has 0 aliphatic carbocycles. The number of carbonyl (C=O) groups excluding carboxylic acids is 2. The highest BCUT2D eigenvalue weighted by Gasteiger charge is 2.45. The quantitative estimate of drug-likeness (QED) is 0.682. The molecule has 1 aromatic carbocycles. The van der Waals surface area contributed by atoms with Crippen LogP contribution in [0.1, 0.15) is 16.8 Å². The van der Waals surface area contributed by atoms with Crippen LogP contribution in [-0.2, 0) is 4.79 Å². The summed E-state index contributed by atoms with van der Waals surface area (Å²) in [4.78, 5) is 24.5. The third kappa shape index (κ3) is 3.88. The van der Waals surface area contributed by atoms with Crippen LogP contribution in [0.3, 0.4) is 0 Å². The summed E-state index contributed by atoms with van der Waals surface area (Å²) >= 11 is 0. The van der Waals surface area contributed by atoms with E-state index >= 15 is 0 Å². The van der Waals surface area contributed by atoms with E-state index in [-0.39, 0.29) is 12.1 Å². The number of benzene rings is 1. The monoisotopic (exact) mass is 330 g/mol. The molecule has 8 heteroatoms. The Balaban J connectivity index is 2.18. The fourth-order valence-electron chi connectivity index (χ4n) is 2.33. The zero-order valence-electron chi connectivity index (χ0n) is 12.0. The molecule has 1 saturated heterocycles. The number of nitrogens with one attached hydrogen (secondary N) is 1. The zero-order valence-corrected chi connectivity index (χ0v) is 12.0. The molecule has 1 aliphatic rings. The summed E-state index contributed by atoms with van der Waals surface area (Å²) in [6, 6.07) is 0.670. The predicted octanol–water partition coefficient (Wildman–Crippen LogP) is 2.12. The van der Waals surface area contributed by atoms with Crippen molar-refractivity contribution in [2.75, 3.05) is 13.1 Å². The van der Waals surface area contributed by atoms with Crippen LogP contribution in [0.15, 0.2) is 30.9 Å². The average Bonchev–Trinajstić information content (AvgIpc) is 2.47. The predicted molar refractivity (Wildman–Crippen MR) is 74.0 cm³/mol. The number of piperidine rings is 1. The molecule has 0 aromatic heterocycles. The van der Waals surface area contributed by atoms with Gasteiger partial charge in [0.25, 0.3) is 11.8 Å². The number of nitrogens with zero attached hydrogens (tertiary/aromatic N) is 1. The lowest BCUT2D eigenvalue weighted by molar-refractivity contribution is -0.124. The molecule has 1 N–H and O–H groups in total. The molecule has 0 bridgehead atoms. The summed E-state index contributed by atoms with van der Waals surface area (Å²) in [5, 5.41) is 2.07. The number of hydrogen-bond donors (Lipinski definition) is 1. The molecule has 1 unspecified atom stereocenters. The summed E-state index contributed by atoms with van der Waals surface area (Å²) in [7, 11) is 0. The third-order valence-corrected chi connectivity index (χ3v) is 3.53. The Hall–Kier alpha value is -2.38. The Labute approximate surface area is 129 Å². The van der Waals surface area contributed by atoms with Gasteiger partial charge in [0.1, 0.15) is 17.7 Å². The van der Waals surface area contributed by atoms with E-state index < -0.39 is 48.4 Å². The molecule has 0 radical (unpaired) electrons. The number of amides is 2. The van der Waals surface area contributed by atoms with Crippen LogP contribution in [-0.4, -0.2) is 41.8 Å². The Morgan fingerprint density at radius 3 is 2.43 bits per heavy atom. The number of likely N-dealkylation sites (tertiary alicyclic amines) is 1. The van der Waals surface area contributed by atoms with Crippen LogP contribution in [0.4, 0.5) is 17.6 Å². The van der Waals surface area contributed by atoms with Crippen molar-refractivity contribution >= 4 is 11.8 Å².